The molecule has 0 aliphatic carbocycles. The Balaban J connectivity index is 1.52. The summed E-state index contributed by atoms with van der Waals surface area (Å²) in [4.78, 5) is 15.0. The van der Waals surface area contributed by atoms with Crippen LogP contribution in [0.4, 0.5) is 4.79 Å². The highest BCUT2D eigenvalue weighted by molar-refractivity contribution is 6.09. The fraction of sp³-hybridized carbons (Fsp3) is 0.357. The quantitative estimate of drug-likeness (QED) is 0.631. The fourth-order valence-electron chi connectivity index (χ4n) is 4.70. The highest BCUT2D eigenvalue weighted by Crippen LogP contribution is 2.42. The number of carbonyl (C=O) groups excluding carboxylic acids is 1. The molecule has 4 rings (SSSR count). The zero-order chi connectivity index (χ0) is 24.5. The molecule has 1 saturated heterocycles. The van der Waals surface area contributed by atoms with E-state index in [1.165, 1.54) is 0 Å². The topological polar surface area (TPSA) is 65.4 Å². The van der Waals surface area contributed by atoms with Gasteiger partial charge in [-0.05, 0) is 44.1 Å². The molecule has 0 saturated carbocycles. The van der Waals surface area contributed by atoms with Gasteiger partial charge < -0.3 is 14.7 Å². The van der Waals surface area contributed by atoms with Crippen LogP contribution in [0.1, 0.15) is 56.3 Å². The lowest BCUT2D eigenvalue weighted by Crippen LogP contribution is -2.51. The Morgan fingerprint density at radius 2 is 1.82 bits per heavy atom. The molecule has 0 unspecified atom stereocenters. The summed E-state index contributed by atoms with van der Waals surface area (Å²) in [5.74, 6) is 0. The minimum absolute atomic E-state index is 0.149. The molecule has 6 heteroatoms. The molecular weight excluding hydrogens is 426 g/mol. The first-order valence-corrected chi connectivity index (χ1v) is 11.7. The summed E-state index contributed by atoms with van der Waals surface area (Å²) in [5.41, 5.74) is 2.82. The van der Waals surface area contributed by atoms with Crippen molar-refractivity contribution in [2.45, 2.75) is 50.9 Å². The Morgan fingerprint density at radius 3 is 2.41 bits per heavy atom. The van der Waals surface area contributed by atoms with Crippen molar-refractivity contribution in [1.82, 2.24) is 9.91 Å². The third-order valence-corrected chi connectivity index (χ3v) is 6.56. The fourth-order valence-corrected chi connectivity index (χ4v) is 4.70. The highest BCUT2D eigenvalue weighted by atomic mass is 16.6. The third-order valence-electron chi connectivity index (χ3n) is 6.56. The molecule has 0 spiro atoms. The molecule has 0 radical (unpaired) electrons. The maximum atomic E-state index is 13.2. The first kappa shape index (κ1) is 23.8. The van der Waals surface area contributed by atoms with E-state index in [1.807, 2.05) is 80.7 Å². The monoisotopic (exact) mass is 459 g/mol. The van der Waals surface area contributed by atoms with Gasteiger partial charge in [0.2, 0.25) is 0 Å². The molecule has 2 heterocycles. The first-order valence-electron chi connectivity index (χ1n) is 11.7. The average Bonchev–Trinajstić information content (AvgIpc) is 2.80. The van der Waals surface area contributed by atoms with Crippen LogP contribution < -0.4 is 0 Å². The number of allylic oxidation sites excluding steroid dienone is 2. The number of carbonyl (C=O) groups is 1. The molecule has 2 atom stereocenters. The number of nitrogens with zero attached hydrogens (tertiary/aromatic N) is 3. The molecule has 178 valence electrons. The molecule has 2 aliphatic heterocycles. The molecule has 34 heavy (non-hydrogen) atoms. The van der Waals surface area contributed by atoms with Gasteiger partial charge in [0.25, 0.3) is 0 Å². The van der Waals surface area contributed by atoms with Crippen LogP contribution in [0.25, 0.3) is 0 Å². The van der Waals surface area contributed by atoms with E-state index in [0.29, 0.717) is 19.4 Å². The summed E-state index contributed by atoms with van der Waals surface area (Å²) in [6, 6.07) is 17.7. The zero-order valence-electron chi connectivity index (χ0n) is 20.4. The predicted octanol–water partition coefficient (Wildman–Crippen LogP) is 5.37. The lowest BCUT2D eigenvalue weighted by Gasteiger charge is -2.45. The van der Waals surface area contributed by atoms with Crippen molar-refractivity contribution >= 4 is 11.8 Å². The number of hydrogen-bond donors (Lipinski definition) is 1. The lowest BCUT2D eigenvalue weighted by molar-refractivity contribution is -0.101. The van der Waals surface area contributed by atoms with Crippen molar-refractivity contribution in [2.75, 3.05) is 13.6 Å². The maximum Gasteiger partial charge on any atom is 0.411 e. The van der Waals surface area contributed by atoms with Gasteiger partial charge in [-0.1, -0.05) is 61.2 Å². The van der Waals surface area contributed by atoms with Gasteiger partial charge in [-0.25, -0.2) is 4.79 Å². The van der Waals surface area contributed by atoms with Gasteiger partial charge in [0.1, 0.15) is 5.60 Å². The van der Waals surface area contributed by atoms with E-state index >= 15 is 0 Å². The predicted molar refractivity (Wildman–Crippen MR) is 134 cm³/mol. The minimum atomic E-state index is -0.976. The second kappa shape index (κ2) is 9.11. The number of rotatable bonds is 6. The summed E-state index contributed by atoms with van der Waals surface area (Å²) in [5, 5.41) is 16.9. The molecule has 1 amide bonds. The summed E-state index contributed by atoms with van der Waals surface area (Å²) in [6.07, 6.45) is 4.47. The third kappa shape index (κ3) is 4.92. The molecule has 0 aromatic heterocycles. The first-order chi connectivity index (χ1) is 16.1. The zero-order valence-corrected chi connectivity index (χ0v) is 20.4. The van der Waals surface area contributed by atoms with Crippen molar-refractivity contribution in [2.24, 2.45) is 5.10 Å². The maximum absolute atomic E-state index is 13.2. The number of amides is 1. The molecular formula is C28H33N3O3. The smallest absolute Gasteiger partial charge is 0.411 e. The Kier molecular flexibility index (Phi) is 6.36. The molecule has 2 aliphatic rings. The average molecular weight is 460 g/mol. The largest absolute Gasteiger partial charge is 0.438 e. The molecule has 2 aromatic carbocycles. The number of hydrogen-bond acceptors (Lipinski definition) is 5. The standard InChI is InChI=1S/C28H33N3O3/c1-20-11-16-25(29-30(20)5)23-14-12-22(13-15-23)21(2)31-18-17-28(34-26(31)32,19-27(3,4)33)24-9-7-6-8-10-24/h6-16,21,33H,1,17-19H2,2-5H3/t21-,28-/m0/s1. The summed E-state index contributed by atoms with van der Waals surface area (Å²) >= 11 is 0. The Labute approximate surface area is 201 Å². The number of aliphatic hydroxyl groups is 1. The summed E-state index contributed by atoms with van der Waals surface area (Å²) < 4.78 is 6.12. The van der Waals surface area contributed by atoms with Crippen LogP contribution in [0.2, 0.25) is 0 Å². The Morgan fingerprint density at radius 1 is 1.15 bits per heavy atom. The lowest BCUT2D eigenvalue weighted by atomic mass is 9.80. The van der Waals surface area contributed by atoms with Crippen molar-refractivity contribution in [3.8, 4) is 0 Å². The molecule has 1 N–H and O–H groups in total. The Hall–Kier alpha value is -3.38. The van der Waals surface area contributed by atoms with Crippen LogP contribution in [0.3, 0.4) is 0 Å². The number of benzene rings is 2. The van der Waals surface area contributed by atoms with E-state index in [9.17, 15) is 9.90 Å². The molecule has 6 nitrogen and oxygen atoms in total. The molecule has 1 fully saturated rings. The van der Waals surface area contributed by atoms with Gasteiger partial charge in [-0.15, -0.1) is 0 Å². The van der Waals surface area contributed by atoms with Crippen LogP contribution >= 0.6 is 0 Å². The number of likely N-dealkylation sites (N-methyl/N-ethyl adjacent to an activating group) is 1. The highest BCUT2D eigenvalue weighted by Gasteiger charge is 2.46. The summed E-state index contributed by atoms with van der Waals surface area (Å²) in [6.45, 7) is 9.99. The Bertz CT molecular complexity index is 1120. The van der Waals surface area contributed by atoms with E-state index in [-0.39, 0.29) is 12.1 Å². The molecule has 0 bridgehead atoms. The van der Waals surface area contributed by atoms with E-state index in [1.54, 1.807) is 23.8 Å². The number of hydrazone groups is 1. The van der Waals surface area contributed by atoms with Crippen LogP contribution in [-0.2, 0) is 10.3 Å². The van der Waals surface area contributed by atoms with Crippen LogP contribution in [0, 0.1) is 0 Å². The molecule has 2 aromatic rings. The van der Waals surface area contributed by atoms with E-state index in [0.717, 1.165) is 28.1 Å². The number of ether oxygens (including phenoxy) is 1. The second-order valence-electron chi connectivity index (χ2n) is 9.79. The van der Waals surface area contributed by atoms with Crippen LogP contribution in [-0.4, -0.2) is 46.0 Å². The van der Waals surface area contributed by atoms with Crippen LogP contribution in [0.5, 0.6) is 0 Å². The SMILES string of the molecule is C=C1C=CC(c2ccc([C@H](C)N3CC[C@](CC(C)(C)O)(c4ccccc4)OC3=O)cc2)=NN1C. The van der Waals surface area contributed by atoms with Gasteiger partial charge in [-0.2, -0.15) is 5.10 Å². The number of cyclic esters (lactones) is 1. The van der Waals surface area contributed by atoms with Gasteiger partial charge in [0.15, 0.2) is 0 Å². The van der Waals surface area contributed by atoms with E-state index < -0.39 is 11.2 Å². The van der Waals surface area contributed by atoms with Gasteiger partial charge in [-0.3, -0.25) is 5.01 Å². The van der Waals surface area contributed by atoms with Gasteiger partial charge in [0.05, 0.1) is 23.1 Å². The summed E-state index contributed by atoms with van der Waals surface area (Å²) in [7, 11) is 1.87. The van der Waals surface area contributed by atoms with Crippen LogP contribution in [0.15, 0.2) is 84.1 Å². The van der Waals surface area contributed by atoms with Crippen molar-refractivity contribution in [1.29, 1.82) is 0 Å². The normalized spacial score (nSPS) is 21.9. The van der Waals surface area contributed by atoms with Gasteiger partial charge in [0, 0.05) is 32.0 Å². The van der Waals surface area contributed by atoms with Crippen molar-refractivity contribution in [3.63, 3.8) is 0 Å². The second-order valence-corrected chi connectivity index (χ2v) is 9.79. The minimum Gasteiger partial charge on any atom is -0.438 e. The van der Waals surface area contributed by atoms with E-state index in [2.05, 4.69) is 11.7 Å². The van der Waals surface area contributed by atoms with Crippen molar-refractivity contribution < 1.29 is 14.6 Å². The van der Waals surface area contributed by atoms with Crippen molar-refractivity contribution in [3.05, 3.63) is 95.7 Å². The van der Waals surface area contributed by atoms with Gasteiger partial charge >= 0.3 is 6.09 Å². The van der Waals surface area contributed by atoms with E-state index in [4.69, 9.17) is 4.74 Å².